The minimum absolute atomic E-state index is 0.110. The van der Waals surface area contributed by atoms with Crippen molar-refractivity contribution in [2.45, 2.75) is 33.8 Å². The number of rotatable bonds is 5. The summed E-state index contributed by atoms with van der Waals surface area (Å²) in [4.78, 5) is 40.6. The van der Waals surface area contributed by atoms with E-state index >= 15 is 0 Å². The van der Waals surface area contributed by atoms with Gasteiger partial charge in [0.25, 0.3) is 5.91 Å². The van der Waals surface area contributed by atoms with E-state index in [0.717, 1.165) is 22.4 Å². The summed E-state index contributed by atoms with van der Waals surface area (Å²) in [6.45, 7) is 7.26. The van der Waals surface area contributed by atoms with Crippen LogP contribution in [0, 0.1) is 20.8 Å². The molecule has 0 aliphatic carbocycles. The molecule has 3 amide bonds. The highest BCUT2D eigenvalue weighted by Crippen LogP contribution is 2.33. The van der Waals surface area contributed by atoms with Gasteiger partial charge >= 0.3 is 0 Å². The van der Waals surface area contributed by atoms with Crippen LogP contribution in [-0.4, -0.2) is 48.9 Å². The summed E-state index contributed by atoms with van der Waals surface area (Å²) in [6.07, 6.45) is -0.672. The number of likely N-dealkylation sites (N-methyl/N-ethyl adjacent to an activating group) is 1. The topological polar surface area (TPSA) is 79.0 Å². The molecule has 2 aromatic rings. The number of aryl methyl sites for hydroxylation is 3. The average Bonchev–Trinajstić information content (AvgIpc) is 2.68. The van der Waals surface area contributed by atoms with Gasteiger partial charge in [-0.3, -0.25) is 19.3 Å². The first-order chi connectivity index (χ1) is 14.2. The molecule has 2 aromatic carbocycles. The van der Waals surface area contributed by atoms with Crippen molar-refractivity contribution < 1.29 is 19.1 Å². The van der Waals surface area contributed by atoms with Crippen molar-refractivity contribution in [2.75, 3.05) is 30.4 Å². The first-order valence-electron chi connectivity index (χ1n) is 9.86. The van der Waals surface area contributed by atoms with Crippen LogP contribution in [0.25, 0.3) is 0 Å². The van der Waals surface area contributed by atoms with Crippen LogP contribution in [0.3, 0.4) is 0 Å². The molecule has 1 N–H and O–H groups in total. The molecular weight excluding hydrogens is 382 g/mol. The molecule has 0 fully saturated rings. The maximum absolute atomic E-state index is 12.8. The number of fused-ring (bicyclic) bond motifs is 1. The van der Waals surface area contributed by atoms with E-state index in [4.69, 9.17) is 4.74 Å². The summed E-state index contributed by atoms with van der Waals surface area (Å²) in [5.41, 5.74) is 4.38. The van der Waals surface area contributed by atoms with Gasteiger partial charge in [0.05, 0.1) is 12.2 Å². The largest absolute Gasteiger partial charge is 0.479 e. The predicted molar refractivity (Wildman–Crippen MR) is 116 cm³/mol. The molecule has 7 heteroatoms. The Morgan fingerprint density at radius 2 is 1.77 bits per heavy atom. The Kier molecular flexibility index (Phi) is 6.10. The van der Waals surface area contributed by atoms with Gasteiger partial charge in [0.2, 0.25) is 11.8 Å². The van der Waals surface area contributed by atoms with Crippen molar-refractivity contribution in [3.63, 3.8) is 0 Å². The van der Waals surface area contributed by atoms with Crippen LogP contribution in [0.5, 0.6) is 5.75 Å². The highest BCUT2D eigenvalue weighted by Gasteiger charge is 2.33. The van der Waals surface area contributed by atoms with Crippen molar-refractivity contribution in [1.29, 1.82) is 0 Å². The zero-order valence-electron chi connectivity index (χ0n) is 18.0. The molecule has 158 valence electrons. The molecule has 1 heterocycles. The molecule has 7 nitrogen and oxygen atoms in total. The quantitative estimate of drug-likeness (QED) is 0.824. The summed E-state index contributed by atoms with van der Waals surface area (Å²) in [5, 5.41) is 2.89. The van der Waals surface area contributed by atoms with E-state index in [1.807, 2.05) is 39.0 Å². The van der Waals surface area contributed by atoms with Gasteiger partial charge in [-0.2, -0.15) is 0 Å². The Balaban J connectivity index is 1.66. The number of ether oxygens (including phenoxy) is 1. The Morgan fingerprint density at radius 3 is 2.43 bits per heavy atom. The minimum atomic E-state index is -0.672. The van der Waals surface area contributed by atoms with Crippen molar-refractivity contribution in [1.82, 2.24) is 4.90 Å². The van der Waals surface area contributed by atoms with Crippen molar-refractivity contribution >= 4 is 29.1 Å². The molecule has 0 spiro atoms. The summed E-state index contributed by atoms with van der Waals surface area (Å²) in [7, 11) is 1.55. The molecule has 0 aromatic heterocycles. The molecular formula is C23H27N3O4. The number of hydrogen-bond donors (Lipinski definition) is 1. The SMILES string of the molecule is Cc1cc(C)c(NC(=O)CN(C)C(=O)CN2C(=O)[C@@H](C)Oc3ccccc32)c(C)c1. The van der Waals surface area contributed by atoms with E-state index in [1.165, 1.54) is 9.80 Å². The normalized spacial score (nSPS) is 15.3. The van der Waals surface area contributed by atoms with E-state index in [9.17, 15) is 14.4 Å². The Morgan fingerprint density at radius 1 is 1.13 bits per heavy atom. The lowest BCUT2D eigenvalue weighted by Gasteiger charge is -2.33. The van der Waals surface area contributed by atoms with Gasteiger partial charge in [0, 0.05) is 12.7 Å². The molecule has 0 radical (unpaired) electrons. The molecule has 1 aliphatic heterocycles. The van der Waals surface area contributed by atoms with E-state index in [0.29, 0.717) is 11.4 Å². The van der Waals surface area contributed by atoms with Crippen LogP contribution < -0.4 is 15.0 Å². The molecule has 0 unspecified atom stereocenters. The monoisotopic (exact) mass is 409 g/mol. The first kappa shape index (κ1) is 21.4. The van der Waals surface area contributed by atoms with E-state index in [2.05, 4.69) is 5.32 Å². The van der Waals surface area contributed by atoms with Crippen LogP contribution in [0.2, 0.25) is 0 Å². The van der Waals surface area contributed by atoms with Crippen LogP contribution >= 0.6 is 0 Å². The number of carbonyl (C=O) groups is 3. The second-order valence-corrected chi connectivity index (χ2v) is 7.72. The van der Waals surface area contributed by atoms with E-state index in [1.54, 1.807) is 32.2 Å². The van der Waals surface area contributed by atoms with E-state index in [-0.39, 0.29) is 30.8 Å². The number of anilines is 2. The maximum atomic E-state index is 12.8. The number of carbonyl (C=O) groups excluding carboxylic acids is 3. The van der Waals surface area contributed by atoms with Crippen LogP contribution in [0.15, 0.2) is 36.4 Å². The highest BCUT2D eigenvalue weighted by molar-refractivity contribution is 6.04. The zero-order valence-corrected chi connectivity index (χ0v) is 18.0. The number of nitrogens with one attached hydrogen (secondary N) is 1. The van der Waals surface area contributed by atoms with Crippen LogP contribution in [-0.2, 0) is 14.4 Å². The number of benzene rings is 2. The molecule has 0 bridgehead atoms. The third-order valence-corrected chi connectivity index (χ3v) is 5.11. The summed E-state index contributed by atoms with van der Waals surface area (Å²) < 4.78 is 5.60. The lowest BCUT2D eigenvalue weighted by molar-refractivity contribution is -0.134. The third kappa shape index (κ3) is 4.45. The second kappa shape index (κ2) is 8.57. The van der Waals surface area contributed by atoms with Crippen molar-refractivity contribution in [3.8, 4) is 5.75 Å². The summed E-state index contributed by atoms with van der Waals surface area (Å²) >= 11 is 0. The van der Waals surface area contributed by atoms with Gasteiger partial charge in [-0.15, -0.1) is 0 Å². The number of nitrogens with zero attached hydrogens (tertiary/aromatic N) is 2. The van der Waals surface area contributed by atoms with Crippen molar-refractivity contribution in [3.05, 3.63) is 53.1 Å². The molecule has 30 heavy (non-hydrogen) atoms. The fourth-order valence-electron chi connectivity index (χ4n) is 3.64. The smallest absolute Gasteiger partial charge is 0.268 e. The number of hydrogen-bond acceptors (Lipinski definition) is 4. The van der Waals surface area contributed by atoms with Gasteiger partial charge in [-0.1, -0.05) is 29.8 Å². The zero-order chi connectivity index (χ0) is 22.0. The molecule has 1 atom stereocenters. The third-order valence-electron chi connectivity index (χ3n) is 5.11. The van der Waals surface area contributed by atoms with Crippen LogP contribution in [0.4, 0.5) is 11.4 Å². The lowest BCUT2D eigenvalue weighted by atomic mass is 10.1. The van der Waals surface area contributed by atoms with Crippen molar-refractivity contribution in [2.24, 2.45) is 0 Å². The molecule has 3 rings (SSSR count). The fourth-order valence-corrected chi connectivity index (χ4v) is 3.64. The van der Waals surface area contributed by atoms with Gasteiger partial charge < -0.3 is 15.0 Å². The second-order valence-electron chi connectivity index (χ2n) is 7.72. The van der Waals surface area contributed by atoms with E-state index < -0.39 is 6.10 Å². The Bertz CT molecular complexity index is 979. The Labute approximate surface area is 176 Å². The maximum Gasteiger partial charge on any atom is 0.268 e. The van der Waals surface area contributed by atoms with Gasteiger partial charge in [0.15, 0.2) is 6.10 Å². The first-order valence-corrected chi connectivity index (χ1v) is 9.86. The number of amides is 3. The highest BCUT2D eigenvalue weighted by atomic mass is 16.5. The van der Waals surface area contributed by atoms with Gasteiger partial charge in [-0.05, 0) is 51.0 Å². The number of para-hydroxylation sites is 2. The van der Waals surface area contributed by atoms with Gasteiger partial charge in [0.1, 0.15) is 12.3 Å². The van der Waals surface area contributed by atoms with Crippen LogP contribution in [0.1, 0.15) is 23.6 Å². The lowest BCUT2D eigenvalue weighted by Crippen LogP contribution is -2.49. The summed E-state index contributed by atoms with van der Waals surface area (Å²) in [5.74, 6) is -0.350. The standard InChI is InChI=1S/C23H27N3O4/c1-14-10-15(2)22(16(3)11-14)24-20(27)12-25(5)21(28)13-26-18-8-6-7-9-19(18)30-17(4)23(26)29/h6-11,17H,12-13H2,1-5H3,(H,24,27)/t17-/m1/s1. The Hall–Kier alpha value is -3.35. The molecule has 0 saturated heterocycles. The predicted octanol–water partition coefficient (Wildman–Crippen LogP) is 2.82. The van der Waals surface area contributed by atoms with Gasteiger partial charge in [-0.25, -0.2) is 0 Å². The minimum Gasteiger partial charge on any atom is -0.479 e. The molecule has 0 saturated carbocycles. The fraction of sp³-hybridized carbons (Fsp3) is 0.348. The average molecular weight is 409 g/mol. The summed E-state index contributed by atoms with van der Waals surface area (Å²) in [6, 6.07) is 11.1. The molecule has 1 aliphatic rings.